The molecular weight excluding hydrogens is 188 g/mol. The van der Waals surface area contributed by atoms with E-state index in [2.05, 4.69) is 19.2 Å². The molecule has 0 radical (unpaired) electrons. The minimum atomic E-state index is 0.262. The zero-order valence-electron chi connectivity index (χ0n) is 10.3. The van der Waals surface area contributed by atoms with Gasteiger partial charge in [-0.2, -0.15) is 0 Å². The second kappa shape index (κ2) is 10.4. The number of hydrogen-bond acceptors (Lipinski definition) is 3. The molecule has 0 saturated heterocycles. The number of rotatable bonds is 10. The maximum Gasteiger partial charge on any atom is 0.0445 e. The summed E-state index contributed by atoms with van der Waals surface area (Å²) >= 11 is 0. The summed E-state index contributed by atoms with van der Waals surface area (Å²) in [7, 11) is 0. The van der Waals surface area contributed by atoms with Gasteiger partial charge in [0.1, 0.15) is 0 Å². The molecule has 0 saturated carbocycles. The van der Waals surface area contributed by atoms with Crippen LogP contribution in [-0.4, -0.2) is 30.3 Å². The lowest BCUT2D eigenvalue weighted by Gasteiger charge is -2.23. The number of unbranched alkanes of at least 4 members (excludes halogenated alkanes) is 2. The fraction of sp³-hybridized carbons (Fsp3) is 1.00. The van der Waals surface area contributed by atoms with Gasteiger partial charge in [-0.05, 0) is 19.3 Å². The second-order valence-corrected chi connectivity index (χ2v) is 4.21. The van der Waals surface area contributed by atoms with Crippen molar-refractivity contribution < 1.29 is 5.11 Å². The Morgan fingerprint density at radius 3 is 2.33 bits per heavy atom. The molecule has 2 unspecified atom stereocenters. The molecule has 0 aliphatic heterocycles. The molecule has 0 aromatic carbocycles. The van der Waals surface area contributed by atoms with Crippen LogP contribution in [0.2, 0.25) is 0 Å². The number of nitrogens with two attached hydrogens (primary N) is 1. The molecule has 0 aliphatic rings. The van der Waals surface area contributed by atoms with Gasteiger partial charge in [0, 0.05) is 25.2 Å². The topological polar surface area (TPSA) is 58.3 Å². The third kappa shape index (κ3) is 7.77. The molecule has 0 rings (SSSR count). The van der Waals surface area contributed by atoms with Crippen molar-refractivity contribution in [1.29, 1.82) is 0 Å². The Morgan fingerprint density at radius 2 is 1.87 bits per heavy atom. The summed E-state index contributed by atoms with van der Waals surface area (Å²) in [5.74, 6) is 0. The van der Waals surface area contributed by atoms with Crippen molar-refractivity contribution in [2.24, 2.45) is 5.73 Å². The summed E-state index contributed by atoms with van der Waals surface area (Å²) in [5.41, 5.74) is 5.73. The highest BCUT2D eigenvalue weighted by atomic mass is 16.3. The SMILES string of the molecule is CCCCCC(CN)NC(CC)CCO. The molecular formula is C12H28N2O. The van der Waals surface area contributed by atoms with E-state index in [1.807, 2.05) is 0 Å². The van der Waals surface area contributed by atoms with E-state index in [1.165, 1.54) is 19.3 Å². The third-order valence-corrected chi connectivity index (χ3v) is 2.88. The summed E-state index contributed by atoms with van der Waals surface area (Å²) in [6.45, 7) is 5.32. The molecule has 0 fully saturated rings. The van der Waals surface area contributed by atoms with Crippen molar-refractivity contribution in [2.75, 3.05) is 13.2 Å². The Labute approximate surface area is 94.4 Å². The summed E-state index contributed by atoms with van der Waals surface area (Å²) in [6.07, 6.45) is 6.85. The Balaban J connectivity index is 3.73. The fourth-order valence-electron chi connectivity index (χ4n) is 1.80. The molecule has 0 heterocycles. The maximum absolute atomic E-state index is 8.90. The maximum atomic E-state index is 8.90. The van der Waals surface area contributed by atoms with Crippen LogP contribution in [-0.2, 0) is 0 Å². The van der Waals surface area contributed by atoms with Crippen LogP contribution in [0.1, 0.15) is 52.4 Å². The van der Waals surface area contributed by atoms with Gasteiger partial charge in [0.05, 0.1) is 0 Å². The Hall–Kier alpha value is -0.120. The van der Waals surface area contributed by atoms with Gasteiger partial charge in [0.25, 0.3) is 0 Å². The van der Waals surface area contributed by atoms with E-state index in [-0.39, 0.29) is 6.61 Å². The molecule has 0 spiro atoms. The quantitative estimate of drug-likeness (QED) is 0.487. The van der Waals surface area contributed by atoms with E-state index in [1.54, 1.807) is 0 Å². The largest absolute Gasteiger partial charge is 0.396 e. The predicted molar refractivity (Wildman–Crippen MR) is 65.9 cm³/mol. The molecule has 92 valence electrons. The fourth-order valence-corrected chi connectivity index (χ4v) is 1.80. The molecule has 0 aromatic heterocycles. The first-order valence-electron chi connectivity index (χ1n) is 6.35. The van der Waals surface area contributed by atoms with Crippen LogP contribution in [0.25, 0.3) is 0 Å². The lowest BCUT2D eigenvalue weighted by atomic mass is 10.1. The summed E-state index contributed by atoms with van der Waals surface area (Å²) in [4.78, 5) is 0. The van der Waals surface area contributed by atoms with Crippen LogP contribution in [0.5, 0.6) is 0 Å². The molecule has 0 aromatic rings. The minimum absolute atomic E-state index is 0.262. The predicted octanol–water partition coefficient (Wildman–Crippen LogP) is 1.64. The summed E-state index contributed by atoms with van der Waals surface area (Å²) in [5, 5.41) is 12.4. The minimum Gasteiger partial charge on any atom is -0.396 e. The third-order valence-electron chi connectivity index (χ3n) is 2.88. The molecule has 4 N–H and O–H groups in total. The first-order valence-corrected chi connectivity index (χ1v) is 6.35. The molecule has 0 amide bonds. The number of aliphatic hydroxyl groups excluding tert-OH is 1. The van der Waals surface area contributed by atoms with Gasteiger partial charge in [-0.3, -0.25) is 0 Å². The Morgan fingerprint density at radius 1 is 1.13 bits per heavy atom. The van der Waals surface area contributed by atoms with Gasteiger partial charge in [0.15, 0.2) is 0 Å². The standard InChI is InChI=1S/C12H28N2O/c1-3-5-6-7-12(10-13)14-11(4-2)8-9-15/h11-12,14-15H,3-10,13H2,1-2H3. The van der Waals surface area contributed by atoms with E-state index in [0.29, 0.717) is 18.6 Å². The number of hydrogen-bond donors (Lipinski definition) is 3. The molecule has 3 nitrogen and oxygen atoms in total. The molecule has 3 heteroatoms. The Bertz CT molecular complexity index is 131. The van der Waals surface area contributed by atoms with E-state index in [9.17, 15) is 0 Å². The van der Waals surface area contributed by atoms with Crippen molar-refractivity contribution in [3.63, 3.8) is 0 Å². The van der Waals surface area contributed by atoms with Gasteiger partial charge in [-0.1, -0.05) is 33.1 Å². The number of aliphatic hydroxyl groups is 1. The van der Waals surface area contributed by atoms with Gasteiger partial charge in [0.2, 0.25) is 0 Å². The van der Waals surface area contributed by atoms with Crippen LogP contribution >= 0.6 is 0 Å². The van der Waals surface area contributed by atoms with Crippen LogP contribution in [0, 0.1) is 0 Å². The average Bonchev–Trinajstić information content (AvgIpc) is 2.26. The smallest absolute Gasteiger partial charge is 0.0445 e. The summed E-state index contributed by atoms with van der Waals surface area (Å²) in [6, 6.07) is 0.846. The van der Waals surface area contributed by atoms with Crippen molar-refractivity contribution in [1.82, 2.24) is 5.32 Å². The van der Waals surface area contributed by atoms with Gasteiger partial charge >= 0.3 is 0 Å². The van der Waals surface area contributed by atoms with Gasteiger partial charge < -0.3 is 16.2 Å². The van der Waals surface area contributed by atoms with Crippen LogP contribution in [0.3, 0.4) is 0 Å². The molecule has 15 heavy (non-hydrogen) atoms. The zero-order chi connectivity index (χ0) is 11.5. The van der Waals surface area contributed by atoms with Crippen LogP contribution in [0.4, 0.5) is 0 Å². The lowest BCUT2D eigenvalue weighted by molar-refractivity contribution is 0.253. The number of nitrogens with one attached hydrogen (secondary N) is 1. The first-order chi connectivity index (χ1) is 7.28. The zero-order valence-corrected chi connectivity index (χ0v) is 10.3. The lowest BCUT2D eigenvalue weighted by Crippen LogP contribution is -2.42. The van der Waals surface area contributed by atoms with E-state index < -0.39 is 0 Å². The van der Waals surface area contributed by atoms with E-state index in [4.69, 9.17) is 10.8 Å². The van der Waals surface area contributed by atoms with E-state index in [0.717, 1.165) is 19.3 Å². The molecule has 0 aliphatic carbocycles. The molecule has 0 bridgehead atoms. The van der Waals surface area contributed by atoms with Gasteiger partial charge in [-0.15, -0.1) is 0 Å². The second-order valence-electron chi connectivity index (χ2n) is 4.21. The van der Waals surface area contributed by atoms with Crippen molar-refractivity contribution in [2.45, 2.75) is 64.5 Å². The normalized spacial score (nSPS) is 15.2. The van der Waals surface area contributed by atoms with Crippen molar-refractivity contribution in [3.8, 4) is 0 Å². The summed E-state index contributed by atoms with van der Waals surface area (Å²) < 4.78 is 0. The van der Waals surface area contributed by atoms with Crippen molar-refractivity contribution in [3.05, 3.63) is 0 Å². The average molecular weight is 216 g/mol. The highest BCUT2D eigenvalue weighted by Crippen LogP contribution is 2.05. The highest BCUT2D eigenvalue weighted by molar-refractivity contribution is 4.74. The van der Waals surface area contributed by atoms with Gasteiger partial charge in [-0.25, -0.2) is 0 Å². The molecule has 2 atom stereocenters. The Kier molecular flexibility index (Phi) is 10.3. The monoisotopic (exact) mass is 216 g/mol. The first kappa shape index (κ1) is 14.9. The highest BCUT2D eigenvalue weighted by Gasteiger charge is 2.11. The van der Waals surface area contributed by atoms with E-state index >= 15 is 0 Å². The van der Waals surface area contributed by atoms with Crippen LogP contribution < -0.4 is 11.1 Å². The van der Waals surface area contributed by atoms with Crippen molar-refractivity contribution >= 4 is 0 Å². The van der Waals surface area contributed by atoms with Crippen LogP contribution in [0.15, 0.2) is 0 Å².